The van der Waals surface area contributed by atoms with E-state index in [1.54, 1.807) is 0 Å². The van der Waals surface area contributed by atoms with Crippen LogP contribution in [-0.4, -0.2) is 25.8 Å². The molecule has 1 aliphatic heterocycles. The van der Waals surface area contributed by atoms with Gasteiger partial charge in [-0.05, 0) is 75.2 Å². The van der Waals surface area contributed by atoms with E-state index in [1.165, 1.54) is 16.9 Å². The van der Waals surface area contributed by atoms with Gasteiger partial charge < -0.3 is 9.32 Å². The Morgan fingerprint density at radius 2 is 1.78 bits per heavy atom. The summed E-state index contributed by atoms with van der Waals surface area (Å²) in [6.07, 6.45) is 0. The van der Waals surface area contributed by atoms with Crippen molar-refractivity contribution >= 4 is 35.7 Å². The molecule has 2 heterocycles. The first-order valence-corrected chi connectivity index (χ1v) is 12.9. The van der Waals surface area contributed by atoms with E-state index in [-0.39, 0.29) is 5.41 Å². The van der Waals surface area contributed by atoms with E-state index < -0.39 is 7.21 Å². The van der Waals surface area contributed by atoms with Crippen molar-refractivity contribution in [1.29, 1.82) is 0 Å². The van der Waals surface area contributed by atoms with Gasteiger partial charge in [-0.2, -0.15) is 0 Å². The molecule has 0 aliphatic carbocycles. The number of hydrogen-bond donors (Lipinski definition) is 0. The molecule has 0 saturated carbocycles. The molecule has 168 valence electrons. The number of halogens is 1. The summed E-state index contributed by atoms with van der Waals surface area (Å²) in [4.78, 5) is 2.29. The number of rotatable bonds is 4. The molecule has 32 heavy (non-hydrogen) atoms. The fourth-order valence-corrected chi connectivity index (χ4v) is 7.51. The number of hydrogen-bond acceptors (Lipinski definition) is 3. The van der Waals surface area contributed by atoms with E-state index in [0.29, 0.717) is 0 Å². The summed E-state index contributed by atoms with van der Waals surface area (Å²) in [6, 6.07) is 18.7. The lowest BCUT2D eigenvalue weighted by atomic mass is 9.84. The van der Waals surface area contributed by atoms with Crippen LogP contribution in [0.25, 0.3) is 0 Å². The second-order valence-electron chi connectivity index (χ2n) is 9.13. The smallest absolute Gasteiger partial charge is 0.160 e. The molecule has 4 nitrogen and oxygen atoms in total. The Bertz CT molecular complexity index is 1260. The Labute approximate surface area is 196 Å². The molecule has 1 aromatic heterocycles. The SMILES string of the molecule is Cc1ccc([P@@](/C=C2/N(C)c3ccccc3C2(C)C)(=Nc2ccc(C)c(Cl)c2)N(C)C)o1. The molecule has 3 aromatic rings. The van der Waals surface area contributed by atoms with Crippen LogP contribution >= 0.6 is 18.8 Å². The minimum atomic E-state index is -2.42. The second kappa shape index (κ2) is 8.26. The summed E-state index contributed by atoms with van der Waals surface area (Å²) < 4.78 is 13.8. The quantitative estimate of drug-likeness (QED) is 0.373. The van der Waals surface area contributed by atoms with Crippen molar-refractivity contribution in [3.05, 3.63) is 88.0 Å². The third-order valence-corrected chi connectivity index (χ3v) is 9.98. The molecular formula is C26H31ClN3OP. The van der Waals surface area contributed by atoms with E-state index in [4.69, 9.17) is 20.8 Å². The summed E-state index contributed by atoms with van der Waals surface area (Å²) >= 11 is 6.46. The highest BCUT2D eigenvalue weighted by molar-refractivity contribution is 7.74. The number of aryl methyl sites for hydroxylation is 2. The Hall–Kier alpha value is -2.26. The standard InChI is InChI=1S/C26H31ClN3OP/c1-18-12-14-20(16-22(18)27)28-32(29(5)6,25-15-13-19(2)31-25)17-24-26(3,4)21-10-8-9-11-23(21)30(24)7/h8-17H,1-7H3/b24-17+/t32-/m0/s1. The normalized spacial score (nSPS) is 18.2. The van der Waals surface area contributed by atoms with Crippen LogP contribution in [0.2, 0.25) is 5.02 Å². The van der Waals surface area contributed by atoms with Gasteiger partial charge in [-0.1, -0.05) is 49.7 Å². The molecule has 0 N–H and O–H groups in total. The average Bonchev–Trinajstić information content (AvgIpc) is 3.26. The molecule has 4 rings (SSSR count). The number of fused-ring (bicyclic) bond motifs is 1. The first kappa shape index (κ1) is 22.9. The lowest BCUT2D eigenvalue weighted by Gasteiger charge is -2.31. The largest absolute Gasteiger partial charge is 0.459 e. The second-order valence-corrected chi connectivity index (χ2v) is 12.5. The van der Waals surface area contributed by atoms with E-state index in [0.717, 1.165) is 27.5 Å². The lowest BCUT2D eigenvalue weighted by molar-refractivity contribution is 0.557. The zero-order valence-corrected chi connectivity index (χ0v) is 21.5. The van der Waals surface area contributed by atoms with Crippen molar-refractivity contribution in [2.45, 2.75) is 33.1 Å². The van der Waals surface area contributed by atoms with Gasteiger partial charge in [0.2, 0.25) is 0 Å². The van der Waals surface area contributed by atoms with Crippen LogP contribution in [0.5, 0.6) is 0 Å². The summed E-state index contributed by atoms with van der Waals surface area (Å²) in [5.74, 6) is 3.23. The predicted molar refractivity (Wildman–Crippen MR) is 138 cm³/mol. The van der Waals surface area contributed by atoms with Gasteiger partial charge in [-0.3, -0.25) is 4.67 Å². The van der Waals surface area contributed by atoms with Gasteiger partial charge in [0.25, 0.3) is 0 Å². The molecular weight excluding hydrogens is 437 g/mol. The first-order chi connectivity index (χ1) is 15.1. The number of allylic oxidation sites excluding steroid dienone is 1. The number of furan rings is 1. The highest BCUT2D eigenvalue weighted by Crippen LogP contribution is 2.59. The van der Waals surface area contributed by atoms with Gasteiger partial charge in [0.1, 0.15) is 13.0 Å². The minimum absolute atomic E-state index is 0.158. The van der Waals surface area contributed by atoms with Crippen molar-refractivity contribution in [3.63, 3.8) is 0 Å². The summed E-state index contributed by atoms with van der Waals surface area (Å²) in [5, 5.41) is 0.720. The van der Waals surface area contributed by atoms with Crippen LogP contribution in [0.1, 0.15) is 30.7 Å². The van der Waals surface area contributed by atoms with Gasteiger partial charge in [0, 0.05) is 28.9 Å². The van der Waals surface area contributed by atoms with Crippen LogP contribution in [0.15, 0.2) is 75.3 Å². The third-order valence-electron chi connectivity index (χ3n) is 6.33. The number of benzene rings is 2. The van der Waals surface area contributed by atoms with E-state index in [9.17, 15) is 0 Å². The van der Waals surface area contributed by atoms with Crippen LogP contribution in [0.4, 0.5) is 11.4 Å². The van der Waals surface area contributed by atoms with Gasteiger partial charge in [-0.15, -0.1) is 0 Å². The molecule has 0 unspecified atom stereocenters. The van der Waals surface area contributed by atoms with Gasteiger partial charge in [0.15, 0.2) is 5.50 Å². The topological polar surface area (TPSA) is 32.0 Å². The molecule has 0 bridgehead atoms. The Balaban J connectivity index is 2.03. The monoisotopic (exact) mass is 467 g/mol. The Morgan fingerprint density at radius 3 is 2.38 bits per heavy atom. The average molecular weight is 468 g/mol. The Morgan fingerprint density at radius 1 is 1.06 bits per heavy atom. The maximum absolute atomic E-state index is 6.46. The van der Waals surface area contributed by atoms with Crippen LogP contribution in [0, 0.1) is 13.8 Å². The maximum Gasteiger partial charge on any atom is 0.160 e. The molecule has 0 fully saturated rings. The highest BCUT2D eigenvalue weighted by atomic mass is 35.5. The molecule has 1 atom stereocenters. The van der Waals surface area contributed by atoms with Gasteiger partial charge >= 0.3 is 0 Å². The molecule has 2 aromatic carbocycles. The number of nitrogens with zero attached hydrogens (tertiary/aromatic N) is 3. The molecule has 1 aliphatic rings. The highest BCUT2D eigenvalue weighted by Gasteiger charge is 2.41. The maximum atomic E-state index is 6.46. The fourth-order valence-electron chi connectivity index (χ4n) is 4.36. The van der Waals surface area contributed by atoms with Crippen molar-refractivity contribution in [2.75, 3.05) is 26.0 Å². The zero-order chi connectivity index (χ0) is 23.3. The van der Waals surface area contributed by atoms with E-state index in [1.807, 2.05) is 38.1 Å². The number of anilines is 1. The van der Waals surface area contributed by atoms with E-state index in [2.05, 4.69) is 80.7 Å². The molecule has 0 amide bonds. The van der Waals surface area contributed by atoms with Crippen molar-refractivity contribution in [2.24, 2.45) is 4.74 Å². The number of likely N-dealkylation sites (N-methyl/N-ethyl adjacent to an activating group) is 1. The minimum Gasteiger partial charge on any atom is -0.459 e. The van der Waals surface area contributed by atoms with Crippen molar-refractivity contribution in [1.82, 2.24) is 4.67 Å². The van der Waals surface area contributed by atoms with Crippen molar-refractivity contribution in [3.8, 4) is 0 Å². The first-order valence-electron chi connectivity index (χ1n) is 10.8. The molecule has 0 saturated heterocycles. The number of para-hydroxylation sites is 1. The molecule has 0 spiro atoms. The summed E-state index contributed by atoms with van der Waals surface area (Å²) in [5.41, 5.74) is 6.38. The van der Waals surface area contributed by atoms with Gasteiger partial charge in [0.05, 0.1) is 5.69 Å². The third kappa shape index (κ3) is 3.75. The zero-order valence-electron chi connectivity index (χ0n) is 19.8. The van der Waals surface area contributed by atoms with E-state index >= 15 is 0 Å². The molecule has 6 heteroatoms. The summed E-state index contributed by atoms with van der Waals surface area (Å²) in [6.45, 7) is 8.54. The predicted octanol–water partition coefficient (Wildman–Crippen LogP) is 7.45. The van der Waals surface area contributed by atoms with Crippen LogP contribution < -0.4 is 10.4 Å². The lowest BCUT2D eigenvalue weighted by Crippen LogP contribution is -2.25. The van der Waals surface area contributed by atoms with Crippen LogP contribution in [-0.2, 0) is 5.41 Å². The Kier molecular flexibility index (Phi) is 5.92. The molecule has 0 radical (unpaired) electrons. The van der Waals surface area contributed by atoms with Crippen molar-refractivity contribution < 1.29 is 4.42 Å². The van der Waals surface area contributed by atoms with Gasteiger partial charge in [-0.25, -0.2) is 4.74 Å². The van der Waals surface area contributed by atoms with Crippen LogP contribution in [0.3, 0.4) is 0 Å². The summed E-state index contributed by atoms with van der Waals surface area (Å²) in [7, 11) is 3.88. The fraction of sp³-hybridized carbons (Fsp3) is 0.308.